The first-order valence-electron chi connectivity index (χ1n) is 9.00. The zero-order chi connectivity index (χ0) is 19.3. The molecule has 0 saturated heterocycles. The first kappa shape index (κ1) is 17.8. The molecule has 1 aliphatic carbocycles. The highest BCUT2D eigenvalue weighted by atomic mass is 16.5. The predicted molar refractivity (Wildman–Crippen MR) is 103 cm³/mol. The van der Waals surface area contributed by atoms with Crippen LogP contribution in [0.5, 0.6) is 28.7 Å². The van der Waals surface area contributed by atoms with Gasteiger partial charge in [-0.15, -0.1) is 0 Å². The summed E-state index contributed by atoms with van der Waals surface area (Å²) in [6, 6.07) is 4.00. The van der Waals surface area contributed by atoms with Crippen LogP contribution < -0.4 is 18.9 Å². The van der Waals surface area contributed by atoms with Crippen molar-refractivity contribution in [2.75, 3.05) is 42.0 Å². The van der Waals surface area contributed by atoms with Crippen molar-refractivity contribution in [3.8, 4) is 39.9 Å². The van der Waals surface area contributed by atoms with Gasteiger partial charge in [-0.1, -0.05) is 0 Å². The summed E-state index contributed by atoms with van der Waals surface area (Å²) in [4.78, 5) is 2.35. The van der Waals surface area contributed by atoms with Gasteiger partial charge in [0.2, 0.25) is 5.75 Å². The van der Waals surface area contributed by atoms with Gasteiger partial charge in [-0.05, 0) is 48.7 Å². The third kappa shape index (κ3) is 2.43. The largest absolute Gasteiger partial charge is 0.504 e. The van der Waals surface area contributed by atoms with E-state index in [-0.39, 0.29) is 11.8 Å². The highest BCUT2D eigenvalue weighted by molar-refractivity contribution is 5.87. The summed E-state index contributed by atoms with van der Waals surface area (Å²) in [6.45, 7) is 0.938. The molecule has 0 radical (unpaired) electrons. The van der Waals surface area contributed by atoms with Crippen LogP contribution in [0.25, 0.3) is 11.1 Å². The van der Waals surface area contributed by atoms with Gasteiger partial charge in [0.05, 0.1) is 28.4 Å². The molecule has 2 aromatic carbocycles. The summed E-state index contributed by atoms with van der Waals surface area (Å²) < 4.78 is 22.5. The van der Waals surface area contributed by atoms with Crippen LogP contribution in [-0.2, 0) is 12.8 Å². The van der Waals surface area contributed by atoms with E-state index >= 15 is 0 Å². The number of benzene rings is 2. The van der Waals surface area contributed by atoms with Crippen LogP contribution >= 0.6 is 0 Å². The van der Waals surface area contributed by atoms with Gasteiger partial charge in [0.1, 0.15) is 0 Å². The normalized spacial score (nSPS) is 17.7. The van der Waals surface area contributed by atoms with E-state index in [9.17, 15) is 5.11 Å². The van der Waals surface area contributed by atoms with Crippen LogP contribution in [0.1, 0.15) is 22.7 Å². The Labute approximate surface area is 159 Å². The zero-order valence-corrected chi connectivity index (χ0v) is 16.4. The highest BCUT2D eigenvalue weighted by Gasteiger charge is 2.38. The lowest BCUT2D eigenvalue weighted by atomic mass is 9.76. The molecule has 27 heavy (non-hydrogen) atoms. The summed E-state index contributed by atoms with van der Waals surface area (Å²) >= 11 is 0. The van der Waals surface area contributed by atoms with E-state index in [1.165, 1.54) is 11.1 Å². The van der Waals surface area contributed by atoms with Crippen molar-refractivity contribution in [2.24, 2.45) is 0 Å². The molecule has 0 saturated carbocycles. The smallest absolute Gasteiger partial charge is 0.203 e. The SMILES string of the molecule is COc1cc2c(c(OC)c1OC)CC1c3c(cc(O)c(OC)c3-2)CCN1C. The average molecular weight is 371 g/mol. The number of fused-ring (bicyclic) bond motifs is 2. The summed E-state index contributed by atoms with van der Waals surface area (Å²) in [5, 5.41) is 10.6. The Balaban J connectivity index is 2.12. The zero-order valence-electron chi connectivity index (χ0n) is 16.4. The van der Waals surface area contributed by atoms with E-state index in [2.05, 4.69) is 11.9 Å². The van der Waals surface area contributed by atoms with Crippen LogP contribution in [0.15, 0.2) is 12.1 Å². The fourth-order valence-corrected chi connectivity index (χ4v) is 4.55. The molecular weight excluding hydrogens is 346 g/mol. The molecule has 144 valence electrons. The molecule has 1 aliphatic heterocycles. The lowest BCUT2D eigenvalue weighted by molar-refractivity contribution is 0.224. The summed E-state index contributed by atoms with van der Waals surface area (Å²) in [5.74, 6) is 2.50. The summed E-state index contributed by atoms with van der Waals surface area (Å²) in [6.07, 6.45) is 1.69. The number of phenolic OH excluding ortho intramolecular Hbond substituents is 1. The standard InChI is InChI=1S/C21H25NO5/c1-22-7-6-11-8-15(23)20(26-4)18-12-10-16(24-2)21(27-5)19(25-3)13(12)9-14(22)17(11)18/h8,10,14,23H,6-7,9H2,1-5H3. The topological polar surface area (TPSA) is 60.4 Å². The first-order chi connectivity index (χ1) is 13.0. The lowest BCUT2D eigenvalue weighted by Gasteiger charge is -2.41. The van der Waals surface area contributed by atoms with E-state index in [1.807, 2.05) is 12.1 Å². The third-order valence-electron chi connectivity index (χ3n) is 5.79. The minimum absolute atomic E-state index is 0.163. The number of methoxy groups -OCH3 is 4. The van der Waals surface area contributed by atoms with E-state index in [4.69, 9.17) is 18.9 Å². The van der Waals surface area contributed by atoms with Gasteiger partial charge >= 0.3 is 0 Å². The lowest BCUT2D eigenvalue weighted by Crippen LogP contribution is -2.35. The number of rotatable bonds is 4. The van der Waals surface area contributed by atoms with Crippen LogP contribution in [0, 0.1) is 0 Å². The van der Waals surface area contributed by atoms with E-state index in [0.717, 1.165) is 36.1 Å². The Morgan fingerprint density at radius 1 is 0.963 bits per heavy atom. The Morgan fingerprint density at radius 2 is 1.67 bits per heavy atom. The van der Waals surface area contributed by atoms with Crippen molar-refractivity contribution in [1.29, 1.82) is 0 Å². The Kier molecular flexibility index (Phi) is 4.30. The van der Waals surface area contributed by atoms with Crippen LogP contribution in [0.2, 0.25) is 0 Å². The number of ether oxygens (including phenoxy) is 4. The predicted octanol–water partition coefficient (Wildman–Crippen LogP) is 3.18. The molecule has 1 atom stereocenters. The molecule has 6 nitrogen and oxygen atoms in total. The first-order valence-corrected chi connectivity index (χ1v) is 9.00. The highest BCUT2D eigenvalue weighted by Crippen LogP contribution is 2.56. The maximum Gasteiger partial charge on any atom is 0.203 e. The van der Waals surface area contributed by atoms with E-state index < -0.39 is 0 Å². The van der Waals surface area contributed by atoms with Gasteiger partial charge in [-0.3, -0.25) is 4.90 Å². The van der Waals surface area contributed by atoms with Gasteiger partial charge in [-0.2, -0.15) is 0 Å². The second kappa shape index (κ2) is 6.53. The molecule has 2 aliphatic rings. The van der Waals surface area contributed by atoms with Crippen LogP contribution in [0.4, 0.5) is 0 Å². The second-order valence-corrected chi connectivity index (χ2v) is 7.00. The maximum atomic E-state index is 10.6. The molecule has 0 amide bonds. The number of hydrogen-bond donors (Lipinski definition) is 1. The third-order valence-corrected chi connectivity index (χ3v) is 5.79. The molecule has 0 fully saturated rings. The molecule has 1 N–H and O–H groups in total. The van der Waals surface area contributed by atoms with Crippen molar-refractivity contribution >= 4 is 0 Å². The molecule has 0 spiro atoms. The Bertz CT molecular complexity index is 908. The number of aromatic hydroxyl groups is 1. The number of phenols is 1. The van der Waals surface area contributed by atoms with Gasteiger partial charge < -0.3 is 24.1 Å². The minimum atomic E-state index is 0.163. The Morgan fingerprint density at radius 3 is 2.30 bits per heavy atom. The van der Waals surface area contributed by atoms with Crippen LogP contribution in [-0.4, -0.2) is 52.0 Å². The molecule has 4 rings (SSSR count). The quantitative estimate of drug-likeness (QED) is 0.891. The van der Waals surface area contributed by atoms with E-state index in [0.29, 0.717) is 23.0 Å². The molecule has 6 heteroatoms. The molecule has 2 aromatic rings. The number of hydrogen-bond acceptors (Lipinski definition) is 6. The van der Waals surface area contributed by atoms with Crippen molar-refractivity contribution in [1.82, 2.24) is 4.90 Å². The molecule has 1 heterocycles. The Hall–Kier alpha value is -2.60. The van der Waals surface area contributed by atoms with Crippen molar-refractivity contribution in [2.45, 2.75) is 18.9 Å². The minimum Gasteiger partial charge on any atom is -0.504 e. The second-order valence-electron chi connectivity index (χ2n) is 7.00. The van der Waals surface area contributed by atoms with Gasteiger partial charge in [-0.25, -0.2) is 0 Å². The fourth-order valence-electron chi connectivity index (χ4n) is 4.55. The van der Waals surface area contributed by atoms with Gasteiger partial charge in [0.25, 0.3) is 0 Å². The number of nitrogens with zero attached hydrogens (tertiary/aromatic N) is 1. The van der Waals surface area contributed by atoms with Crippen LogP contribution in [0.3, 0.4) is 0 Å². The van der Waals surface area contributed by atoms with Crippen molar-refractivity contribution in [3.05, 3.63) is 28.8 Å². The molecule has 0 aromatic heterocycles. The number of likely N-dealkylation sites (N-methyl/N-ethyl adjacent to an activating group) is 1. The summed E-state index contributed by atoms with van der Waals surface area (Å²) in [5.41, 5.74) is 5.31. The van der Waals surface area contributed by atoms with Crippen molar-refractivity contribution in [3.63, 3.8) is 0 Å². The summed E-state index contributed by atoms with van der Waals surface area (Å²) in [7, 11) is 8.59. The molecule has 1 unspecified atom stereocenters. The molecule has 0 bridgehead atoms. The average Bonchev–Trinajstić information content (AvgIpc) is 2.68. The van der Waals surface area contributed by atoms with Crippen molar-refractivity contribution < 1.29 is 24.1 Å². The maximum absolute atomic E-state index is 10.6. The fraction of sp³-hybridized carbons (Fsp3) is 0.429. The molecular formula is C21H25NO5. The van der Waals surface area contributed by atoms with E-state index in [1.54, 1.807) is 28.4 Å². The monoisotopic (exact) mass is 371 g/mol. The van der Waals surface area contributed by atoms with Gasteiger partial charge in [0, 0.05) is 23.7 Å². The van der Waals surface area contributed by atoms with Gasteiger partial charge in [0.15, 0.2) is 23.0 Å².